The van der Waals surface area contributed by atoms with E-state index in [1.165, 1.54) is 128 Å². The molecule has 1 fully saturated rings. The van der Waals surface area contributed by atoms with Crippen molar-refractivity contribution in [3.8, 4) is 0 Å². The van der Waals surface area contributed by atoms with Gasteiger partial charge in [-0.05, 0) is 32.6 Å². The predicted octanol–water partition coefficient (Wildman–Crippen LogP) is 11.7. The number of hydrogen-bond donors (Lipinski definition) is 0. The van der Waals surface area contributed by atoms with Gasteiger partial charge in [0.25, 0.3) is 0 Å². The van der Waals surface area contributed by atoms with Gasteiger partial charge in [-0.2, -0.15) is 0 Å². The summed E-state index contributed by atoms with van der Waals surface area (Å²) in [5.74, 6) is -0.728. The second-order valence-electron chi connectivity index (χ2n) is 13.3. The Bertz CT molecular complexity index is 618. The van der Waals surface area contributed by atoms with E-state index in [9.17, 15) is 9.59 Å². The highest BCUT2D eigenvalue weighted by Gasteiger charge is 2.48. The van der Waals surface area contributed by atoms with Gasteiger partial charge in [-0.1, -0.05) is 168 Å². The van der Waals surface area contributed by atoms with Crippen LogP contribution in [-0.4, -0.2) is 25.2 Å². The fourth-order valence-corrected chi connectivity index (χ4v) is 6.44. The predicted molar refractivity (Wildman–Crippen MR) is 174 cm³/mol. The first-order valence-electron chi connectivity index (χ1n) is 18.4. The number of ether oxygens (including phenoxy) is 2. The zero-order valence-corrected chi connectivity index (χ0v) is 27.9. The van der Waals surface area contributed by atoms with Crippen molar-refractivity contribution in [2.24, 2.45) is 11.3 Å². The maximum atomic E-state index is 13.1. The molecule has 1 rings (SSSR count). The lowest BCUT2D eigenvalue weighted by Crippen LogP contribution is -2.44. The molecule has 41 heavy (non-hydrogen) atoms. The third kappa shape index (κ3) is 19.0. The minimum atomic E-state index is -0.733. The van der Waals surface area contributed by atoms with Crippen molar-refractivity contribution < 1.29 is 19.1 Å². The summed E-state index contributed by atoms with van der Waals surface area (Å²) < 4.78 is 11.4. The Morgan fingerprint density at radius 2 is 0.902 bits per heavy atom. The van der Waals surface area contributed by atoms with E-state index in [0.29, 0.717) is 13.2 Å². The molecule has 0 radical (unpaired) electrons. The van der Waals surface area contributed by atoms with Crippen LogP contribution in [0.15, 0.2) is 0 Å². The standard InChI is InChI=1S/C37H70O4/c1-4-6-8-10-12-14-16-18-20-22-24-28-32-40-35(38)34-30-26-27-31-37(34,3)36(39)41-33-29-25-23-21-19-17-15-13-11-9-7-5-2/h34H,4-33H2,1-3H3. The molecule has 0 aromatic rings. The van der Waals surface area contributed by atoms with E-state index in [-0.39, 0.29) is 17.9 Å². The zero-order chi connectivity index (χ0) is 29.9. The van der Waals surface area contributed by atoms with Gasteiger partial charge in [-0.15, -0.1) is 0 Å². The fourth-order valence-electron chi connectivity index (χ4n) is 6.44. The summed E-state index contributed by atoms with van der Waals surface area (Å²) in [5, 5.41) is 0. The normalized spacial score (nSPS) is 18.9. The molecular weight excluding hydrogens is 508 g/mol. The first kappa shape index (κ1) is 38.0. The van der Waals surface area contributed by atoms with Crippen LogP contribution in [-0.2, 0) is 19.1 Å². The van der Waals surface area contributed by atoms with Crippen LogP contribution in [0.2, 0.25) is 0 Å². The van der Waals surface area contributed by atoms with Gasteiger partial charge in [0.15, 0.2) is 0 Å². The van der Waals surface area contributed by atoms with E-state index < -0.39 is 5.41 Å². The largest absolute Gasteiger partial charge is 0.465 e. The van der Waals surface area contributed by atoms with E-state index in [1.54, 1.807) is 0 Å². The van der Waals surface area contributed by atoms with Crippen molar-refractivity contribution in [1.29, 1.82) is 0 Å². The van der Waals surface area contributed by atoms with Crippen LogP contribution in [0, 0.1) is 11.3 Å². The monoisotopic (exact) mass is 579 g/mol. The molecule has 0 aliphatic heterocycles. The minimum Gasteiger partial charge on any atom is -0.465 e. The molecule has 0 aromatic heterocycles. The lowest BCUT2D eigenvalue weighted by atomic mass is 9.67. The Morgan fingerprint density at radius 3 is 1.32 bits per heavy atom. The number of unbranched alkanes of at least 4 members (excludes halogenated alkanes) is 22. The number of rotatable bonds is 28. The fraction of sp³-hybridized carbons (Fsp3) is 0.946. The van der Waals surface area contributed by atoms with Crippen LogP contribution in [0.5, 0.6) is 0 Å². The maximum Gasteiger partial charge on any atom is 0.312 e. The molecule has 0 heterocycles. The zero-order valence-electron chi connectivity index (χ0n) is 27.9. The molecule has 1 saturated carbocycles. The maximum absolute atomic E-state index is 13.1. The van der Waals surface area contributed by atoms with Gasteiger partial charge >= 0.3 is 11.9 Å². The van der Waals surface area contributed by atoms with Crippen molar-refractivity contribution in [3.63, 3.8) is 0 Å². The van der Waals surface area contributed by atoms with Gasteiger partial charge in [0, 0.05) is 0 Å². The van der Waals surface area contributed by atoms with Gasteiger partial charge in [0.2, 0.25) is 0 Å². The third-order valence-electron chi connectivity index (χ3n) is 9.43. The van der Waals surface area contributed by atoms with E-state index in [0.717, 1.165) is 51.4 Å². The molecule has 0 N–H and O–H groups in total. The van der Waals surface area contributed by atoms with E-state index >= 15 is 0 Å². The summed E-state index contributed by atoms with van der Waals surface area (Å²) in [6.07, 6.45) is 34.4. The molecule has 0 aromatic carbocycles. The average molecular weight is 579 g/mol. The quantitative estimate of drug-likeness (QED) is 0.0684. The lowest BCUT2D eigenvalue weighted by Gasteiger charge is -2.37. The SMILES string of the molecule is CCCCCCCCCCCCCCOC(=O)C1CCCCC1(C)C(=O)OCCCCCCCCCCCCCC. The van der Waals surface area contributed by atoms with Gasteiger partial charge in [-0.3, -0.25) is 9.59 Å². The van der Waals surface area contributed by atoms with Crippen molar-refractivity contribution in [3.05, 3.63) is 0 Å². The van der Waals surface area contributed by atoms with Crippen molar-refractivity contribution in [2.75, 3.05) is 13.2 Å². The topological polar surface area (TPSA) is 52.6 Å². The molecule has 1 aliphatic carbocycles. The Hall–Kier alpha value is -1.06. The molecule has 0 bridgehead atoms. The van der Waals surface area contributed by atoms with Gasteiger partial charge < -0.3 is 9.47 Å². The molecule has 242 valence electrons. The highest BCUT2D eigenvalue weighted by atomic mass is 16.5. The first-order valence-corrected chi connectivity index (χ1v) is 18.4. The molecule has 4 heteroatoms. The highest BCUT2D eigenvalue weighted by molar-refractivity contribution is 5.85. The molecular formula is C37H70O4. The summed E-state index contributed by atoms with van der Waals surface area (Å²) >= 11 is 0. The Kier molecular flexibility index (Phi) is 24.6. The smallest absolute Gasteiger partial charge is 0.312 e. The lowest BCUT2D eigenvalue weighted by molar-refractivity contribution is -0.172. The van der Waals surface area contributed by atoms with Crippen molar-refractivity contribution >= 4 is 11.9 Å². The van der Waals surface area contributed by atoms with Crippen LogP contribution in [0.4, 0.5) is 0 Å². The molecule has 0 spiro atoms. The summed E-state index contributed by atoms with van der Waals surface area (Å²) in [6, 6.07) is 0. The molecule has 1 aliphatic rings. The van der Waals surface area contributed by atoms with Gasteiger partial charge in [-0.25, -0.2) is 0 Å². The van der Waals surface area contributed by atoms with Gasteiger partial charge in [0.1, 0.15) is 0 Å². The second kappa shape index (κ2) is 26.6. The first-order chi connectivity index (χ1) is 20.1. The minimum absolute atomic E-state index is 0.183. The molecule has 0 saturated heterocycles. The van der Waals surface area contributed by atoms with Crippen molar-refractivity contribution in [2.45, 2.75) is 201 Å². The van der Waals surface area contributed by atoms with Crippen LogP contribution in [0.25, 0.3) is 0 Å². The Balaban J connectivity index is 2.11. The third-order valence-corrected chi connectivity index (χ3v) is 9.43. The van der Waals surface area contributed by atoms with Crippen LogP contribution < -0.4 is 0 Å². The highest BCUT2D eigenvalue weighted by Crippen LogP contribution is 2.43. The summed E-state index contributed by atoms with van der Waals surface area (Å²) in [6.45, 7) is 7.44. The number of esters is 2. The van der Waals surface area contributed by atoms with E-state index in [2.05, 4.69) is 13.8 Å². The molecule has 2 atom stereocenters. The number of hydrogen-bond acceptors (Lipinski definition) is 4. The Morgan fingerprint density at radius 1 is 0.537 bits per heavy atom. The van der Waals surface area contributed by atoms with Crippen molar-refractivity contribution in [1.82, 2.24) is 0 Å². The summed E-state index contributed by atoms with van der Waals surface area (Å²) in [5.41, 5.74) is -0.733. The molecule has 0 amide bonds. The van der Waals surface area contributed by atoms with Crippen LogP contribution >= 0.6 is 0 Å². The van der Waals surface area contributed by atoms with Crippen LogP contribution in [0.1, 0.15) is 201 Å². The van der Waals surface area contributed by atoms with E-state index in [1.807, 2.05) is 6.92 Å². The van der Waals surface area contributed by atoms with E-state index in [4.69, 9.17) is 9.47 Å². The second-order valence-corrected chi connectivity index (χ2v) is 13.3. The van der Waals surface area contributed by atoms with Crippen LogP contribution in [0.3, 0.4) is 0 Å². The molecule has 2 unspecified atom stereocenters. The number of carbonyl (C=O) groups excluding carboxylic acids is 2. The Labute approximate surface area is 255 Å². The van der Waals surface area contributed by atoms with Gasteiger partial charge in [0.05, 0.1) is 24.5 Å². The average Bonchev–Trinajstić information content (AvgIpc) is 2.97. The number of carbonyl (C=O) groups is 2. The summed E-state index contributed by atoms with van der Waals surface area (Å²) in [7, 11) is 0. The summed E-state index contributed by atoms with van der Waals surface area (Å²) in [4.78, 5) is 26.1. The molecule has 4 nitrogen and oxygen atoms in total.